The number of alkyl halides is 3. The molecule has 6 aromatic rings. The average Bonchev–Trinajstić information content (AvgIpc) is 2.17. The van der Waals surface area contributed by atoms with Crippen molar-refractivity contribution in [3.8, 4) is 0 Å². The Hall–Kier alpha value is -3.85. The molecule has 0 bridgehead atoms. The standard InChI is InChI=1S/3C22H36FN3O2Si/c3*1-17-12-18-14-24-26(16-28-10-11-29(3,4)5)22(18)13-20(17)19-6-7-25(8-9-27-2)15-21(19)23/h3*12-14,19,21H,6-11,15-16H2,1-5H3. The van der Waals surface area contributed by atoms with Gasteiger partial charge in [0, 0.05) is 139 Å². The SMILES string of the molecule is COCCN1CCC(c2cc3c(cnn3COCC[Si](C)(C)C)cc2C)C(F)C1.COCCN1CCC(c2cc3c(cnn3COCC[Si](C)(C)C)cc2C)C(F)C1.COCCN1CCC(c2cc3c(cnn3COCC[Si](C)(C)C)cc2C)C(F)C1. The van der Waals surface area contributed by atoms with Crippen LogP contribution in [0.3, 0.4) is 0 Å². The van der Waals surface area contributed by atoms with Gasteiger partial charge in [-0.1, -0.05) is 58.9 Å². The average molecular weight is 1260 g/mol. The highest BCUT2D eigenvalue weighted by Crippen LogP contribution is 2.38. The third kappa shape index (κ3) is 21.1. The van der Waals surface area contributed by atoms with Gasteiger partial charge >= 0.3 is 0 Å². The van der Waals surface area contributed by atoms with Crippen molar-refractivity contribution in [3.63, 3.8) is 0 Å². The second kappa shape index (κ2) is 32.9. The van der Waals surface area contributed by atoms with Gasteiger partial charge < -0.3 is 28.4 Å². The lowest BCUT2D eigenvalue weighted by molar-refractivity contribution is 0.0814. The van der Waals surface area contributed by atoms with Crippen molar-refractivity contribution in [2.24, 2.45) is 0 Å². The minimum absolute atomic E-state index is 0.0608. The van der Waals surface area contributed by atoms with Crippen molar-refractivity contribution in [1.29, 1.82) is 0 Å². The van der Waals surface area contributed by atoms with Crippen LogP contribution < -0.4 is 0 Å². The van der Waals surface area contributed by atoms with Gasteiger partial charge in [-0.2, -0.15) is 15.3 Å². The Kier molecular flexibility index (Phi) is 26.7. The summed E-state index contributed by atoms with van der Waals surface area (Å²) >= 11 is 0. The smallest absolute Gasteiger partial charge is 0.139 e. The highest BCUT2D eigenvalue weighted by Gasteiger charge is 2.34. The summed E-state index contributed by atoms with van der Waals surface area (Å²) in [5.74, 6) is -0.182. The third-order valence-electron chi connectivity index (χ3n) is 17.6. The maximum Gasteiger partial charge on any atom is 0.139 e. The number of ether oxygens (including phenoxy) is 6. The molecule has 6 atom stereocenters. The quantitative estimate of drug-likeness (QED) is 0.0361. The number of hydrogen-bond donors (Lipinski definition) is 0. The molecule has 15 nitrogen and oxygen atoms in total. The molecular weight excluding hydrogens is 1160 g/mol. The molecule has 486 valence electrons. The number of aryl methyl sites for hydroxylation is 3. The summed E-state index contributed by atoms with van der Waals surface area (Å²) in [4.78, 5) is 6.49. The number of piperidine rings is 3. The molecule has 3 fully saturated rings. The fourth-order valence-electron chi connectivity index (χ4n) is 12.1. The molecule has 0 saturated carbocycles. The van der Waals surface area contributed by atoms with E-state index in [0.29, 0.717) is 59.6 Å². The van der Waals surface area contributed by atoms with Crippen LogP contribution in [0.5, 0.6) is 0 Å². The first-order chi connectivity index (χ1) is 41.3. The lowest BCUT2D eigenvalue weighted by Gasteiger charge is -2.35. The minimum atomic E-state index is -1.10. The van der Waals surface area contributed by atoms with Gasteiger partial charge in [0.1, 0.15) is 38.7 Å². The zero-order valence-corrected chi connectivity index (χ0v) is 58.7. The number of halogens is 3. The Labute approximate surface area is 521 Å². The molecule has 87 heavy (non-hydrogen) atoms. The minimum Gasteiger partial charge on any atom is -0.383 e. The van der Waals surface area contributed by atoms with Gasteiger partial charge in [0.2, 0.25) is 0 Å². The fraction of sp³-hybridized carbons (Fsp3) is 0.682. The maximum absolute atomic E-state index is 15.1. The molecular formula is C66H108F3N9O6Si3. The van der Waals surface area contributed by atoms with Crippen LogP contribution >= 0.6 is 0 Å². The van der Waals surface area contributed by atoms with E-state index < -0.39 is 42.7 Å². The molecule has 0 radical (unpaired) electrons. The number of rotatable bonds is 27. The largest absolute Gasteiger partial charge is 0.383 e. The van der Waals surface area contributed by atoms with Crippen LogP contribution in [-0.2, 0) is 48.6 Å². The summed E-state index contributed by atoms with van der Waals surface area (Å²) in [6.07, 6.45) is 5.56. The van der Waals surface area contributed by atoms with Crippen molar-refractivity contribution < 1.29 is 41.6 Å². The van der Waals surface area contributed by atoms with Crippen LogP contribution in [0.15, 0.2) is 55.0 Å². The normalized spacial score (nSPS) is 21.2. The van der Waals surface area contributed by atoms with Crippen LogP contribution in [-0.4, -0.2) is 207 Å². The third-order valence-corrected chi connectivity index (χ3v) is 22.7. The summed E-state index contributed by atoms with van der Waals surface area (Å²) in [5.41, 5.74) is 9.88. The van der Waals surface area contributed by atoms with E-state index in [-0.39, 0.29) is 17.8 Å². The first-order valence-corrected chi connectivity index (χ1v) is 43.1. The van der Waals surface area contributed by atoms with E-state index >= 15 is 13.2 Å². The molecule has 3 aromatic carbocycles. The molecule has 6 unspecified atom stereocenters. The van der Waals surface area contributed by atoms with Crippen molar-refractivity contribution >= 4 is 56.9 Å². The number of hydrogen-bond acceptors (Lipinski definition) is 12. The second-order valence-corrected chi connectivity index (χ2v) is 45.3. The molecule has 0 aliphatic carbocycles. The van der Waals surface area contributed by atoms with Crippen molar-refractivity contribution in [1.82, 2.24) is 44.0 Å². The van der Waals surface area contributed by atoms with Gasteiger partial charge in [0.15, 0.2) is 0 Å². The molecule has 0 spiro atoms. The van der Waals surface area contributed by atoms with Crippen molar-refractivity contribution in [2.75, 3.05) is 120 Å². The summed E-state index contributed by atoms with van der Waals surface area (Å²) in [6.45, 7) is 39.5. The maximum atomic E-state index is 15.1. The molecule has 6 heterocycles. The van der Waals surface area contributed by atoms with Gasteiger partial charge in [-0.15, -0.1) is 0 Å². The monoisotopic (exact) mass is 1260 g/mol. The highest BCUT2D eigenvalue weighted by atomic mass is 28.3. The van der Waals surface area contributed by atoms with E-state index in [4.69, 9.17) is 28.4 Å². The number of benzene rings is 3. The van der Waals surface area contributed by atoms with Crippen molar-refractivity contribution in [3.05, 3.63) is 88.4 Å². The van der Waals surface area contributed by atoms with E-state index in [1.54, 1.807) is 21.3 Å². The van der Waals surface area contributed by atoms with Crippen LogP contribution in [0.2, 0.25) is 77.1 Å². The summed E-state index contributed by atoms with van der Waals surface area (Å²) in [7, 11) is 1.77. The van der Waals surface area contributed by atoms with Gasteiger partial charge in [0.25, 0.3) is 0 Å². The molecule has 3 aliphatic rings. The first kappa shape index (κ1) is 70.6. The zero-order valence-electron chi connectivity index (χ0n) is 55.7. The molecule has 3 aliphatic heterocycles. The number of nitrogens with zero attached hydrogens (tertiary/aromatic N) is 9. The van der Waals surface area contributed by atoms with Gasteiger partial charge in [0.05, 0.1) is 55.0 Å². The summed E-state index contributed by atoms with van der Waals surface area (Å²) in [6, 6.07) is 16.3. The molecule has 3 aromatic heterocycles. The van der Waals surface area contributed by atoms with Crippen LogP contribution in [0.25, 0.3) is 32.7 Å². The van der Waals surface area contributed by atoms with Gasteiger partial charge in [-0.25, -0.2) is 27.2 Å². The van der Waals surface area contributed by atoms with E-state index in [9.17, 15) is 0 Å². The van der Waals surface area contributed by atoms with Crippen LogP contribution in [0.4, 0.5) is 13.2 Å². The first-order valence-electron chi connectivity index (χ1n) is 32.0. The predicted octanol–water partition coefficient (Wildman–Crippen LogP) is 13.3. The zero-order chi connectivity index (χ0) is 63.1. The second-order valence-electron chi connectivity index (χ2n) is 28.4. The molecule has 0 amide bonds. The number of aromatic nitrogens is 6. The molecule has 3 saturated heterocycles. The Balaban J connectivity index is 0.000000186. The molecule has 9 rings (SSSR count). The fourth-order valence-corrected chi connectivity index (χ4v) is 14.4. The van der Waals surface area contributed by atoms with Crippen LogP contribution in [0.1, 0.15) is 70.4 Å². The number of fused-ring (bicyclic) bond motifs is 3. The molecule has 21 heteroatoms. The summed E-state index contributed by atoms with van der Waals surface area (Å²) in [5, 5.41) is 16.8. The number of likely N-dealkylation sites (tertiary alicyclic amines) is 3. The van der Waals surface area contributed by atoms with Crippen molar-refractivity contribution in [2.45, 2.75) is 174 Å². The van der Waals surface area contributed by atoms with E-state index in [1.165, 1.54) is 0 Å². The Morgan fingerprint density at radius 1 is 0.414 bits per heavy atom. The lowest BCUT2D eigenvalue weighted by atomic mass is 9.85. The van der Waals surface area contributed by atoms with Gasteiger partial charge in [-0.3, -0.25) is 14.7 Å². The highest BCUT2D eigenvalue weighted by molar-refractivity contribution is 6.76. The number of methoxy groups -OCH3 is 3. The Morgan fingerprint density at radius 2 is 0.678 bits per heavy atom. The predicted molar refractivity (Wildman–Crippen MR) is 357 cm³/mol. The molecule has 0 N–H and O–H groups in total. The topological polar surface area (TPSA) is 119 Å². The van der Waals surface area contributed by atoms with Crippen LogP contribution in [0, 0.1) is 20.8 Å². The Morgan fingerprint density at radius 3 is 0.908 bits per heavy atom. The lowest BCUT2D eigenvalue weighted by Crippen LogP contribution is -2.42. The Bertz CT molecular complexity index is 2730. The van der Waals surface area contributed by atoms with E-state index in [0.717, 1.165) is 163 Å². The summed E-state index contributed by atoms with van der Waals surface area (Å²) < 4.78 is 84.0. The van der Waals surface area contributed by atoms with Gasteiger partial charge in [-0.05, 0) is 148 Å². The van der Waals surface area contributed by atoms with E-state index in [2.05, 4.69) is 146 Å². The van der Waals surface area contributed by atoms with E-state index in [1.807, 2.05) is 32.6 Å².